The van der Waals surface area contributed by atoms with E-state index in [-0.39, 0.29) is 16.3 Å². The highest BCUT2D eigenvalue weighted by Gasteiger charge is 2.16. The Morgan fingerprint density at radius 1 is 1.29 bits per heavy atom. The van der Waals surface area contributed by atoms with Crippen molar-refractivity contribution in [2.75, 3.05) is 11.5 Å². The van der Waals surface area contributed by atoms with Crippen LogP contribution in [-0.2, 0) is 20.3 Å². The lowest BCUT2D eigenvalue weighted by atomic mass is 10.3. The number of nitrogen functional groups attached to an aromatic ring is 1. The van der Waals surface area contributed by atoms with Crippen molar-refractivity contribution in [1.82, 2.24) is 0 Å². The number of hydrogen-bond donors (Lipinski definition) is 1. The Kier molecular flexibility index (Phi) is 3.62. The topological polar surface area (TPSA) is 104 Å². The fourth-order valence-corrected chi connectivity index (χ4v) is 2.35. The summed E-state index contributed by atoms with van der Waals surface area (Å²) in [5.41, 5.74) is 5.08. The Labute approximate surface area is 98.5 Å². The first-order valence-corrected chi connectivity index (χ1v) is 7.38. The first-order valence-electron chi connectivity index (χ1n) is 4.42. The number of hydrogen-bond acceptors (Lipinski definition) is 6. The van der Waals surface area contributed by atoms with Gasteiger partial charge in [0.25, 0.3) is 0 Å². The smallest absolute Gasteiger partial charge is 0.396 e. The highest BCUT2D eigenvalue weighted by Crippen LogP contribution is 2.26. The van der Waals surface area contributed by atoms with Crippen molar-refractivity contribution in [1.29, 1.82) is 0 Å². The van der Waals surface area contributed by atoms with Crippen molar-refractivity contribution in [3.63, 3.8) is 0 Å². The Hall–Kier alpha value is -1.35. The minimum absolute atomic E-state index is 0.0823. The van der Waals surface area contributed by atoms with Gasteiger partial charge in [-0.25, -0.2) is 8.42 Å². The van der Waals surface area contributed by atoms with Gasteiger partial charge in [0.1, 0.15) is 0 Å². The van der Waals surface area contributed by atoms with Gasteiger partial charge >= 0.3 is 10.5 Å². The monoisotopic (exact) mass is 283 g/mol. The van der Waals surface area contributed by atoms with E-state index < -0.39 is 26.1 Å². The zero-order valence-corrected chi connectivity index (χ0v) is 10.4. The van der Waals surface area contributed by atoms with Gasteiger partial charge in [-0.15, -0.1) is 0 Å². The molecule has 1 aromatic carbocycles. The van der Waals surface area contributed by atoms with Crippen LogP contribution in [0.2, 0.25) is 0 Å². The molecule has 0 aliphatic rings. The van der Waals surface area contributed by atoms with E-state index in [2.05, 4.69) is 4.18 Å². The minimum atomic E-state index is -5.18. The van der Waals surface area contributed by atoms with Crippen molar-refractivity contribution in [2.45, 2.75) is 11.8 Å². The highest BCUT2D eigenvalue weighted by molar-refractivity contribution is 7.91. The molecular formula is C8H10FNO5S2. The molecule has 0 bridgehead atoms. The lowest BCUT2D eigenvalue weighted by molar-refractivity contribution is 0.441. The largest absolute Gasteiger partial charge is 0.488 e. The summed E-state index contributed by atoms with van der Waals surface area (Å²) in [6, 6.07) is 3.09. The summed E-state index contributed by atoms with van der Waals surface area (Å²) in [5.74, 6) is -0.587. The molecule has 0 spiro atoms. The molecule has 0 heterocycles. The van der Waals surface area contributed by atoms with Gasteiger partial charge in [0.15, 0.2) is 15.6 Å². The van der Waals surface area contributed by atoms with Crippen molar-refractivity contribution < 1.29 is 24.9 Å². The molecular weight excluding hydrogens is 273 g/mol. The molecule has 1 aromatic rings. The van der Waals surface area contributed by atoms with Crippen LogP contribution in [0.15, 0.2) is 23.1 Å². The Bertz CT molecular complexity index is 623. The van der Waals surface area contributed by atoms with Crippen LogP contribution in [0.5, 0.6) is 5.75 Å². The lowest BCUT2D eigenvalue weighted by Crippen LogP contribution is -2.07. The summed E-state index contributed by atoms with van der Waals surface area (Å²) in [6.45, 7) is 1.45. The number of anilines is 1. The van der Waals surface area contributed by atoms with Gasteiger partial charge in [0.2, 0.25) is 0 Å². The van der Waals surface area contributed by atoms with E-state index in [1.807, 2.05) is 0 Å². The Balaban J connectivity index is 3.20. The molecule has 0 aliphatic heterocycles. The van der Waals surface area contributed by atoms with Crippen LogP contribution in [0.4, 0.5) is 9.57 Å². The van der Waals surface area contributed by atoms with E-state index in [9.17, 15) is 20.7 Å². The van der Waals surface area contributed by atoms with Crippen LogP contribution in [0.1, 0.15) is 6.92 Å². The summed E-state index contributed by atoms with van der Waals surface area (Å²) >= 11 is 0. The van der Waals surface area contributed by atoms with E-state index in [0.717, 1.165) is 18.2 Å². The van der Waals surface area contributed by atoms with Crippen molar-refractivity contribution in [3.8, 4) is 5.75 Å². The molecule has 1 rings (SSSR count). The Morgan fingerprint density at radius 3 is 2.29 bits per heavy atom. The second-order valence-electron chi connectivity index (χ2n) is 3.08. The van der Waals surface area contributed by atoms with Crippen LogP contribution < -0.4 is 9.92 Å². The summed E-state index contributed by atoms with van der Waals surface area (Å²) < 4.78 is 59.5. The van der Waals surface area contributed by atoms with Crippen molar-refractivity contribution in [3.05, 3.63) is 18.2 Å². The molecule has 17 heavy (non-hydrogen) atoms. The molecule has 9 heteroatoms. The molecule has 0 aliphatic carbocycles. The van der Waals surface area contributed by atoms with Gasteiger partial charge < -0.3 is 9.92 Å². The van der Waals surface area contributed by atoms with E-state index in [0.29, 0.717) is 0 Å². The first kappa shape index (κ1) is 13.7. The van der Waals surface area contributed by atoms with E-state index in [4.69, 9.17) is 5.73 Å². The lowest BCUT2D eigenvalue weighted by Gasteiger charge is -2.06. The average Bonchev–Trinajstić information content (AvgIpc) is 2.19. The highest BCUT2D eigenvalue weighted by atomic mass is 32.3. The van der Waals surface area contributed by atoms with Gasteiger partial charge in [-0.2, -0.15) is 8.42 Å². The summed E-state index contributed by atoms with van der Waals surface area (Å²) in [5, 5.41) is 0. The zero-order valence-electron chi connectivity index (χ0n) is 8.75. The number of rotatable bonds is 4. The third-order valence-corrected chi connectivity index (χ3v) is 4.02. The standard InChI is InChI=1S/C8H10FNO5S2/c1-2-16(11,12)6-3-4-8(7(10)5-6)15-17(9,13)14/h3-5H,2,10H2,1H3. The van der Waals surface area contributed by atoms with Crippen molar-refractivity contribution >= 4 is 26.0 Å². The molecule has 0 aromatic heterocycles. The molecule has 0 amide bonds. The molecule has 6 nitrogen and oxygen atoms in total. The summed E-state index contributed by atoms with van der Waals surface area (Å²) in [6.07, 6.45) is 0. The molecule has 0 radical (unpaired) electrons. The maximum absolute atomic E-state index is 12.2. The van der Waals surface area contributed by atoms with Gasteiger partial charge in [-0.05, 0) is 18.2 Å². The maximum Gasteiger partial charge on any atom is 0.488 e. The molecule has 0 saturated carbocycles. The molecule has 0 fully saturated rings. The summed E-state index contributed by atoms with van der Waals surface area (Å²) in [7, 11) is -8.64. The van der Waals surface area contributed by atoms with Crippen LogP contribution in [0.25, 0.3) is 0 Å². The fraction of sp³-hybridized carbons (Fsp3) is 0.250. The second kappa shape index (κ2) is 4.49. The number of halogens is 1. The summed E-state index contributed by atoms with van der Waals surface area (Å²) in [4.78, 5) is -0.0823. The van der Waals surface area contributed by atoms with Crippen molar-refractivity contribution in [2.24, 2.45) is 0 Å². The minimum Gasteiger partial charge on any atom is -0.396 e. The molecule has 0 saturated heterocycles. The fourth-order valence-electron chi connectivity index (χ4n) is 1.07. The first-order chi connectivity index (χ1) is 7.65. The maximum atomic E-state index is 12.2. The van der Waals surface area contributed by atoms with Crippen LogP contribution in [-0.4, -0.2) is 22.6 Å². The molecule has 2 N–H and O–H groups in total. The van der Waals surface area contributed by atoms with Gasteiger partial charge in [0, 0.05) is 0 Å². The van der Waals surface area contributed by atoms with Crippen LogP contribution in [0.3, 0.4) is 0 Å². The van der Waals surface area contributed by atoms with Crippen LogP contribution in [0, 0.1) is 0 Å². The number of benzene rings is 1. The van der Waals surface area contributed by atoms with Crippen LogP contribution >= 0.6 is 0 Å². The molecule has 96 valence electrons. The third-order valence-electron chi connectivity index (χ3n) is 1.91. The average molecular weight is 283 g/mol. The molecule has 0 atom stereocenters. The quantitative estimate of drug-likeness (QED) is 0.643. The second-order valence-corrected chi connectivity index (χ2v) is 6.31. The van der Waals surface area contributed by atoms with Gasteiger partial charge in [-0.3, -0.25) is 0 Å². The number of nitrogens with two attached hydrogens (primary N) is 1. The Morgan fingerprint density at radius 2 is 1.88 bits per heavy atom. The van der Waals surface area contributed by atoms with E-state index in [1.54, 1.807) is 0 Å². The zero-order chi connectivity index (χ0) is 13.3. The SMILES string of the molecule is CCS(=O)(=O)c1ccc(OS(=O)(=O)F)c(N)c1. The third kappa shape index (κ3) is 3.56. The number of sulfone groups is 1. The van der Waals surface area contributed by atoms with Gasteiger partial charge in [-0.1, -0.05) is 10.8 Å². The van der Waals surface area contributed by atoms with Gasteiger partial charge in [0.05, 0.1) is 16.3 Å². The van der Waals surface area contributed by atoms with E-state index in [1.165, 1.54) is 6.92 Å². The normalized spacial score (nSPS) is 12.4. The van der Waals surface area contributed by atoms with E-state index >= 15 is 0 Å². The predicted molar refractivity (Wildman–Crippen MR) is 59.2 cm³/mol. The molecule has 0 unspecified atom stereocenters. The predicted octanol–water partition coefficient (Wildman–Crippen LogP) is 0.656.